The molecule has 1 saturated heterocycles. The van der Waals surface area contributed by atoms with Crippen LogP contribution in [0.3, 0.4) is 0 Å². The quantitative estimate of drug-likeness (QED) is 0.781. The zero-order valence-corrected chi connectivity index (χ0v) is 14.6. The summed E-state index contributed by atoms with van der Waals surface area (Å²) in [7, 11) is -3.52. The lowest BCUT2D eigenvalue weighted by Gasteiger charge is -2.36. The van der Waals surface area contributed by atoms with Crippen LogP contribution in [0.5, 0.6) is 0 Å². The van der Waals surface area contributed by atoms with Crippen molar-refractivity contribution in [1.29, 1.82) is 0 Å². The molecule has 1 heterocycles. The van der Waals surface area contributed by atoms with Crippen LogP contribution in [-0.4, -0.2) is 36.3 Å². The van der Waals surface area contributed by atoms with Crippen molar-refractivity contribution >= 4 is 49.3 Å². The Kier molecular flexibility index (Phi) is 4.88. The molecule has 1 aromatic carbocycles. The molecule has 0 aliphatic carbocycles. The second kappa shape index (κ2) is 5.93. The highest BCUT2D eigenvalue weighted by Crippen LogP contribution is 2.33. The Balaban J connectivity index is 2.41. The summed E-state index contributed by atoms with van der Waals surface area (Å²) in [4.78, 5) is 0.184. The van der Waals surface area contributed by atoms with Gasteiger partial charge in [0.25, 0.3) is 0 Å². The minimum absolute atomic E-state index is 0.0246. The average molecular weight is 385 g/mol. The van der Waals surface area contributed by atoms with Gasteiger partial charge in [0.2, 0.25) is 10.0 Å². The Morgan fingerprint density at radius 2 is 2.11 bits per heavy atom. The summed E-state index contributed by atoms with van der Waals surface area (Å²) in [6.07, 6.45) is 0. The molecule has 0 saturated carbocycles. The van der Waals surface area contributed by atoms with Gasteiger partial charge in [0.1, 0.15) is 4.90 Å². The molecular weight excluding hydrogens is 370 g/mol. The second-order valence-electron chi connectivity index (χ2n) is 4.51. The Bertz CT molecular complexity index is 579. The SMILES string of the molecule is CC1SCCN(S(=O)(=O)c2ccc(Br)cc2Cl)C1C. The first-order valence-electron chi connectivity index (χ1n) is 5.92. The molecule has 1 fully saturated rings. The van der Waals surface area contributed by atoms with Gasteiger partial charge in [0.05, 0.1) is 5.02 Å². The van der Waals surface area contributed by atoms with Crippen LogP contribution in [0.4, 0.5) is 0 Å². The monoisotopic (exact) mass is 383 g/mol. The third-order valence-electron chi connectivity index (χ3n) is 3.31. The van der Waals surface area contributed by atoms with Crippen molar-refractivity contribution in [2.24, 2.45) is 0 Å². The van der Waals surface area contributed by atoms with Crippen molar-refractivity contribution in [3.8, 4) is 0 Å². The van der Waals surface area contributed by atoms with E-state index in [1.807, 2.05) is 6.92 Å². The van der Waals surface area contributed by atoms with Gasteiger partial charge >= 0.3 is 0 Å². The van der Waals surface area contributed by atoms with Gasteiger partial charge in [-0.3, -0.25) is 0 Å². The van der Waals surface area contributed by atoms with E-state index in [0.29, 0.717) is 6.54 Å². The molecule has 3 nitrogen and oxygen atoms in total. The standard InChI is InChI=1S/C12H15BrClNO2S2/c1-8-9(2)18-6-5-15(8)19(16,17)12-4-3-10(13)7-11(12)14/h3-4,7-9H,5-6H2,1-2H3. The maximum Gasteiger partial charge on any atom is 0.244 e. The van der Waals surface area contributed by atoms with Crippen LogP contribution >= 0.6 is 39.3 Å². The number of benzene rings is 1. The number of thioether (sulfide) groups is 1. The molecule has 1 aromatic rings. The first-order valence-corrected chi connectivity index (χ1v) is 9.58. The fourth-order valence-electron chi connectivity index (χ4n) is 2.06. The van der Waals surface area contributed by atoms with Gasteiger partial charge < -0.3 is 0 Å². The van der Waals surface area contributed by atoms with Crippen molar-refractivity contribution in [1.82, 2.24) is 4.31 Å². The van der Waals surface area contributed by atoms with Gasteiger partial charge in [0, 0.05) is 28.1 Å². The number of hydrogen-bond donors (Lipinski definition) is 0. The molecule has 2 unspecified atom stereocenters. The predicted molar refractivity (Wildman–Crippen MR) is 84.4 cm³/mol. The second-order valence-corrected chi connectivity index (χ2v) is 9.17. The van der Waals surface area contributed by atoms with E-state index in [4.69, 9.17) is 11.6 Å². The van der Waals surface area contributed by atoms with Gasteiger partial charge in [-0.1, -0.05) is 34.5 Å². The molecule has 2 atom stereocenters. The highest BCUT2D eigenvalue weighted by molar-refractivity contribution is 9.10. The molecule has 106 valence electrons. The molecule has 1 aliphatic heterocycles. The molecule has 2 rings (SSSR count). The van der Waals surface area contributed by atoms with E-state index in [9.17, 15) is 8.42 Å². The van der Waals surface area contributed by atoms with Crippen molar-refractivity contribution in [3.05, 3.63) is 27.7 Å². The van der Waals surface area contributed by atoms with Crippen molar-refractivity contribution < 1.29 is 8.42 Å². The van der Waals surface area contributed by atoms with E-state index in [1.54, 1.807) is 34.3 Å². The van der Waals surface area contributed by atoms with Crippen LogP contribution in [-0.2, 0) is 10.0 Å². The Hall–Kier alpha value is 0.250. The summed E-state index contributed by atoms with van der Waals surface area (Å²) in [5.74, 6) is 0.818. The Labute approximate surface area is 131 Å². The highest BCUT2D eigenvalue weighted by atomic mass is 79.9. The first kappa shape index (κ1) is 15.6. The molecule has 0 amide bonds. The summed E-state index contributed by atoms with van der Waals surface area (Å²) in [5, 5.41) is 0.546. The largest absolute Gasteiger partial charge is 0.244 e. The van der Waals surface area contributed by atoms with Crippen LogP contribution in [0.15, 0.2) is 27.6 Å². The lowest BCUT2D eigenvalue weighted by Crippen LogP contribution is -2.47. The molecule has 7 heteroatoms. The molecule has 19 heavy (non-hydrogen) atoms. The van der Waals surface area contributed by atoms with Crippen molar-refractivity contribution in [2.45, 2.75) is 30.0 Å². The van der Waals surface area contributed by atoms with Crippen LogP contribution in [0.25, 0.3) is 0 Å². The van der Waals surface area contributed by atoms with E-state index in [-0.39, 0.29) is 21.2 Å². The molecule has 0 aromatic heterocycles. The van der Waals surface area contributed by atoms with Crippen LogP contribution in [0.1, 0.15) is 13.8 Å². The Morgan fingerprint density at radius 1 is 1.42 bits per heavy atom. The first-order chi connectivity index (χ1) is 8.84. The lowest BCUT2D eigenvalue weighted by molar-refractivity contribution is 0.340. The summed E-state index contributed by atoms with van der Waals surface area (Å²) in [6, 6.07) is 4.84. The van der Waals surface area contributed by atoms with E-state index in [0.717, 1.165) is 10.2 Å². The van der Waals surface area contributed by atoms with E-state index in [2.05, 4.69) is 22.9 Å². The fourth-order valence-corrected chi connectivity index (χ4v) is 6.06. The van der Waals surface area contributed by atoms with Gasteiger partial charge in [-0.2, -0.15) is 16.1 Å². The topological polar surface area (TPSA) is 37.4 Å². The summed E-state index contributed by atoms with van der Waals surface area (Å²) in [5.41, 5.74) is 0. The van der Waals surface area contributed by atoms with Crippen LogP contribution < -0.4 is 0 Å². The number of rotatable bonds is 2. The number of sulfonamides is 1. The maximum absolute atomic E-state index is 12.7. The minimum atomic E-state index is -3.52. The zero-order valence-electron chi connectivity index (χ0n) is 10.6. The van der Waals surface area contributed by atoms with Crippen LogP contribution in [0, 0.1) is 0 Å². The number of hydrogen-bond acceptors (Lipinski definition) is 3. The van der Waals surface area contributed by atoms with E-state index >= 15 is 0 Å². The van der Waals surface area contributed by atoms with Crippen molar-refractivity contribution in [2.75, 3.05) is 12.3 Å². The molecule has 0 spiro atoms. The number of nitrogens with zero attached hydrogens (tertiary/aromatic N) is 1. The normalized spacial score (nSPS) is 25.5. The van der Waals surface area contributed by atoms with Crippen molar-refractivity contribution in [3.63, 3.8) is 0 Å². The third kappa shape index (κ3) is 3.13. The smallest absolute Gasteiger partial charge is 0.207 e. The van der Waals surface area contributed by atoms with Gasteiger partial charge in [-0.05, 0) is 25.1 Å². The van der Waals surface area contributed by atoms with Gasteiger partial charge in [-0.25, -0.2) is 8.42 Å². The van der Waals surface area contributed by atoms with Crippen LogP contribution in [0.2, 0.25) is 5.02 Å². The summed E-state index contributed by atoms with van der Waals surface area (Å²) in [6.45, 7) is 4.53. The summed E-state index contributed by atoms with van der Waals surface area (Å²) >= 11 is 11.2. The third-order valence-corrected chi connectivity index (χ3v) is 7.61. The molecular formula is C12H15BrClNO2S2. The zero-order chi connectivity index (χ0) is 14.2. The lowest BCUT2D eigenvalue weighted by atomic mass is 10.2. The maximum atomic E-state index is 12.7. The van der Waals surface area contributed by atoms with Gasteiger partial charge in [-0.15, -0.1) is 0 Å². The minimum Gasteiger partial charge on any atom is -0.207 e. The molecule has 0 radical (unpaired) electrons. The predicted octanol–water partition coefficient (Wildman–Crippen LogP) is 3.62. The average Bonchev–Trinajstić information content (AvgIpc) is 2.31. The molecule has 0 N–H and O–H groups in total. The Morgan fingerprint density at radius 3 is 2.74 bits per heavy atom. The van der Waals surface area contributed by atoms with E-state index in [1.165, 1.54) is 0 Å². The van der Waals surface area contributed by atoms with Gasteiger partial charge in [0.15, 0.2) is 0 Å². The fraction of sp³-hybridized carbons (Fsp3) is 0.500. The van der Waals surface area contributed by atoms with E-state index < -0.39 is 10.0 Å². The summed E-state index contributed by atoms with van der Waals surface area (Å²) < 4.78 is 27.7. The number of halogens is 2. The molecule has 0 bridgehead atoms. The molecule has 1 aliphatic rings. The highest BCUT2D eigenvalue weighted by Gasteiger charge is 2.35.